The third-order valence-corrected chi connectivity index (χ3v) is 5.27. The van der Waals surface area contributed by atoms with Crippen LogP contribution in [0.3, 0.4) is 0 Å². The number of carbonyl (C=O) groups is 1. The van der Waals surface area contributed by atoms with Gasteiger partial charge in [-0.25, -0.2) is 4.18 Å². The highest BCUT2D eigenvalue weighted by Gasteiger charge is 2.61. The fraction of sp³-hybridized carbons (Fsp3) is 0.929. The molecule has 2 heterocycles. The van der Waals surface area contributed by atoms with Crippen LogP contribution >= 0.6 is 0 Å². The summed E-state index contributed by atoms with van der Waals surface area (Å²) in [5.74, 6) is -0.622. The summed E-state index contributed by atoms with van der Waals surface area (Å²) in [7, 11) is -3.59. The number of hydrogen-bond acceptors (Lipinski definition) is 6. The molecule has 0 N–H and O–H groups in total. The van der Waals surface area contributed by atoms with Gasteiger partial charge in [-0.15, -0.1) is 0 Å². The van der Waals surface area contributed by atoms with Gasteiger partial charge in [-0.2, -0.15) is 8.42 Å². The molecule has 4 fully saturated rings. The Morgan fingerprint density at radius 1 is 1.24 bits per heavy atom. The zero-order valence-corrected chi connectivity index (χ0v) is 13.3. The molecule has 0 aromatic heterocycles. The van der Waals surface area contributed by atoms with E-state index in [1.807, 2.05) is 0 Å². The van der Waals surface area contributed by atoms with E-state index in [1.54, 1.807) is 6.92 Å². The van der Waals surface area contributed by atoms with Crippen molar-refractivity contribution in [2.45, 2.75) is 56.8 Å². The highest BCUT2D eigenvalue weighted by atomic mass is 32.2. The van der Waals surface area contributed by atoms with Gasteiger partial charge in [0.15, 0.2) is 5.79 Å². The van der Waals surface area contributed by atoms with E-state index in [-0.39, 0.29) is 12.4 Å². The fourth-order valence-corrected chi connectivity index (χ4v) is 5.35. The Bertz CT molecular complexity index is 526. The summed E-state index contributed by atoms with van der Waals surface area (Å²) in [6.45, 7) is 2.11. The quantitative estimate of drug-likeness (QED) is 0.566. The normalized spacial score (nSPS) is 41.2. The maximum atomic E-state index is 11.9. The Labute approximate surface area is 125 Å². The molecule has 2 aliphatic heterocycles. The third kappa shape index (κ3) is 3.10. The summed E-state index contributed by atoms with van der Waals surface area (Å²) in [5.41, 5.74) is -0.610. The van der Waals surface area contributed by atoms with Crippen LogP contribution in [0, 0.1) is 11.8 Å². The first-order chi connectivity index (χ1) is 9.73. The second-order valence-electron chi connectivity index (χ2n) is 6.75. The van der Waals surface area contributed by atoms with Crippen LogP contribution < -0.4 is 0 Å². The molecular formula is C14H22O6S. The zero-order chi connectivity index (χ0) is 15.3. The van der Waals surface area contributed by atoms with Crippen molar-refractivity contribution >= 4 is 16.1 Å². The summed E-state index contributed by atoms with van der Waals surface area (Å²) in [6.07, 6.45) is 5.08. The summed E-state index contributed by atoms with van der Waals surface area (Å²) >= 11 is 0. The lowest BCUT2D eigenvalue weighted by atomic mass is 9.60. The largest absolute Gasteiger partial charge is 0.466 e. The molecule has 4 atom stereocenters. The van der Waals surface area contributed by atoms with Gasteiger partial charge in [0, 0.05) is 12.8 Å². The minimum absolute atomic E-state index is 0.183. The predicted octanol–water partition coefficient (Wildman–Crippen LogP) is 1.59. The van der Waals surface area contributed by atoms with Crippen molar-refractivity contribution in [2.75, 3.05) is 12.9 Å². The molecule has 21 heavy (non-hydrogen) atoms. The van der Waals surface area contributed by atoms with Gasteiger partial charge in [0.05, 0.1) is 24.9 Å². The fourth-order valence-electron chi connectivity index (χ4n) is 4.63. The van der Waals surface area contributed by atoms with Gasteiger partial charge in [0.25, 0.3) is 10.1 Å². The van der Waals surface area contributed by atoms with Crippen LogP contribution in [0.25, 0.3) is 0 Å². The second kappa shape index (κ2) is 4.93. The van der Waals surface area contributed by atoms with Gasteiger partial charge in [-0.3, -0.25) is 4.79 Å². The van der Waals surface area contributed by atoms with E-state index in [0.29, 0.717) is 31.3 Å². The Morgan fingerprint density at radius 2 is 1.86 bits per heavy atom. The van der Waals surface area contributed by atoms with Crippen molar-refractivity contribution in [3.63, 3.8) is 0 Å². The number of rotatable bonds is 5. The number of carbonyl (C=O) groups excluding carboxylic acids is 1. The summed E-state index contributed by atoms with van der Waals surface area (Å²) in [5, 5.41) is 0. The number of ether oxygens (including phenoxy) is 2. The van der Waals surface area contributed by atoms with E-state index in [4.69, 9.17) is 13.7 Å². The van der Waals surface area contributed by atoms with Crippen molar-refractivity contribution in [1.82, 2.24) is 0 Å². The molecule has 2 aliphatic carbocycles. The minimum Gasteiger partial charge on any atom is -0.466 e. The average Bonchev–Trinajstić information content (AvgIpc) is 2.21. The summed E-state index contributed by atoms with van der Waals surface area (Å²) in [6, 6.07) is 0. The lowest BCUT2D eigenvalue weighted by molar-refractivity contribution is -0.342. The molecule has 120 valence electrons. The van der Waals surface area contributed by atoms with E-state index < -0.39 is 21.5 Å². The molecule has 0 aromatic rings. The smallest absolute Gasteiger partial charge is 0.308 e. The second-order valence-corrected chi connectivity index (χ2v) is 8.32. The molecule has 4 bridgehead atoms. The van der Waals surface area contributed by atoms with Gasteiger partial charge in [-0.1, -0.05) is 0 Å². The van der Waals surface area contributed by atoms with E-state index in [1.165, 1.54) is 0 Å². The molecule has 2 unspecified atom stereocenters. The van der Waals surface area contributed by atoms with Crippen LogP contribution in [0.2, 0.25) is 0 Å². The third-order valence-electron chi connectivity index (χ3n) is 4.66. The first kappa shape index (κ1) is 15.2. The SMILES string of the molecule is CCOC(=O)CC12C[C@H]3C[C@@H](C1)CC(OS(C)(=O)=O)(C3)O2. The van der Waals surface area contributed by atoms with Crippen LogP contribution in [0.4, 0.5) is 0 Å². The van der Waals surface area contributed by atoms with E-state index in [2.05, 4.69) is 0 Å². The summed E-state index contributed by atoms with van der Waals surface area (Å²) in [4.78, 5) is 11.9. The lowest BCUT2D eigenvalue weighted by Gasteiger charge is -2.60. The van der Waals surface area contributed by atoms with Crippen molar-refractivity contribution in [1.29, 1.82) is 0 Å². The maximum Gasteiger partial charge on any atom is 0.308 e. The highest BCUT2D eigenvalue weighted by molar-refractivity contribution is 7.86. The maximum absolute atomic E-state index is 11.9. The zero-order valence-electron chi connectivity index (χ0n) is 12.5. The lowest BCUT2D eigenvalue weighted by Crippen LogP contribution is -2.63. The first-order valence-electron chi connectivity index (χ1n) is 7.50. The molecule has 2 saturated heterocycles. The van der Waals surface area contributed by atoms with Gasteiger partial charge in [0.1, 0.15) is 0 Å². The van der Waals surface area contributed by atoms with E-state index in [0.717, 1.165) is 25.5 Å². The summed E-state index contributed by atoms with van der Waals surface area (Å²) < 4.78 is 39.5. The Morgan fingerprint density at radius 3 is 2.38 bits per heavy atom. The van der Waals surface area contributed by atoms with Crippen LogP contribution in [-0.4, -0.2) is 38.6 Å². The van der Waals surface area contributed by atoms with Crippen LogP contribution in [0.5, 0.6) is 0 Å². The van der Waals surface area contributed by atoms with Gasteiger partial charge in [0.2, 0.25) is 0 Å². The Kier molecular flexibility index (Phi) is 3.58. The van der Waals surface area contributed by atoms with Gasteiger partial charge < -0.3 is 9.47 Å². The topological polar surface area (TPSA) is 78.9 Å². The molecule has 6 nitrogen and oxygen atoms in total. The standard InChI is InChI=1S/C14H22O6S/c1-3-18-12(15)9-13-5-10-4-11(6-13)8-14(7-10,19-13)20-21(2,16)17/h10-11H,3-9H2,1-2H3/t10-,11+,13?,14?. The van der Waals surface area contributed by atoms with Gasteiger partial charge in [-0.05, 0) is 38.0 Å². The molecule has 4 aliphatic rings. The molecule has 0 spiro atoms. The van der Waals surface area contributed by atoms with Crippen LogP contribution in [-0.2, 0) is 28.6 Å². The Hall–Kier alpha value is -0.660. The first-order valence-corrected chi connectivity index (χ1v) is 9.31. The minimum atomic E-state index is -3.59. The Balaban J connectivity index is 1.83. The molecule has 2 saturated carbocycles. The predicted molar refractivity (Wildman–Crippen MR) is 73.8 cm³/mol. The monoisotopic (exact) mass is 318 g/mol. The average molecular weight is 318 g/mol. The molecule has 0 radical (unpaired) electrons. The highest BCUT2D eigenvalue weighted by Crippen LogP contribution is 2.59. The van der Waals surface area contributed by atoms with Crippen molar-refractivity contribution in [2.24, 2.45) is 11.8 Å². The van der Waals surface area contributed by atoms with Crippen molar-refractivity contribution in [3.8, 4) is 0 Å². The molecule has 0 aromatic carbocycles. The van der Waals surface area contributed by atoms with Gasteiger partial charge >= 0.3 is 5.97 Å². The van der Waals surface area contributed by atoms with E-state index in [9.17, 15) is 13.2 Å². The molecule has 7 heteroatoms. The number of esters is 1. The van der Waals surface area contributed by atoms with Crippen LogP contribution in [0.1, 0.15) is 45.4 Å². The molecule has 4 rings (SSSR count). The number of hydrogen-bond donors (Lipinski definition) is 0. The van der Waals surface area contributed by atoms with Crippen LogP contribution in [0.15, 0.2) is 0 Å². The van der Waals surface area contributed by atoms with E-state index >= 15 is 0 Å². The van der Waals surface area contributed by atoms with Crippen molar-refractivity contribution < 1.29 is 26.9 Å². The molecular weight excluding hydrogens is 296 g/mol. The van der Waals surface area contributed by atoms with Crippen molar-refractivity contribution in [3.05, 3.63) is 0 Å². The molecule has 0 amide bonds.